The maximum absolute atomic E-state index is 4.55. The van der Waals surface area contributed by atoms with Crippen molar-refractivity contribution in [2.24, 2.45) is 5.10 Å². The van der Waals surface area contributed by atoms with Crippen molar-refractivity contribution in [2.75, 3.05) is 5.43 Å². The van der Waals surface area contributed by atoms with Gasteiger partial charge in [0, 0.05) is 15.4 Å². The zero-order chi connectivity index (χ0) is 14.7. The van der Waals surface area contributed by atoms with Crippen LogP contribution in [0.5, 0.6) is 0 Å². The minimum atomic E-state index is 0.745. The van der Waals surface area contributed by atoms with Gasteiger partial charge in [0.05, 0.1) is 11.7 Å². The summed E-state index contributed by atoms with van der Waals surface area (Å²) in [7, 11) is 0. The topological polar surface area (TPSA) is 37.3 Å². The van der Waals surface area contributed by atoms with Gasteiger partial charge < -0.3 is 0 Å². The highest BCUT2D eigenvalue weighted by Crippen LogP contribution is 2.20. The molecule has 0 saturated carbocycles. The lowest BCUT2D eigenvalue weighted by atomic mass is 10.1. The third-order valence-corrected chi connectivity index (χ3v) is 3.93. The van der Waals surface area contributed by atoms with E-state index in [1.54, 1.807) is 6.21 Å². The zero-order valence-electron chi connectivity index (χ0n) is 11.5. The van der Waals surface area contributed by atoms with Gasteiger partial charge in [-0.1, -0.05) is 52.3 Å². The van der Waals surface area contributed by atoms with Gasteiger partial charge >= 0.3 is 0 Å². The largest absolute Gasteiger partial charge is 0.261 e. The third-order valence-electron chi connectivity index (χ3n) is 3.21. The number of rotatable bonds is 3. The molecule has 0 radical (unpaired) electrons. The number of anilines is 1. The number of benzene rings is 2. The highest BCUT2D eigenvalue weighted by molar-refractivity contribution is 9.10. The van der Waals surface area contributed by atoms with E-state index in [4.69, 9.17) is 0 Å². The standard InChI is InChI=1S/C17H14BrN3/c1-12-10-17(20-16-9-5-3-7-14(12)16)21-19-11-13-6-2-4-8-15(13)18/h2-11H,1H3,(H,20,21)/b19-11+. The molecule has 0 fully saturated rings. The molecule has 0 spiro atoms. The van der Waals surface area contributed by atoms with E-state index in [9.17, 15) is 0 Å². The molecule has 0 aliphatic rings. The van der Waals surface area contributed by atoms with Gasteiger partial charge in [0.25, 0.3) is 0 Å². The number of halogens is 1. The van der Waals surface area contributed by atoms with Gasteiger partial charge in [-0.3, -0.25) is 5.43 Å². The lowest BCUT2D eigenvalue weighted by molar-refractivity contribution is 1.25. The first-order valence-electron chi connectivity index (χ1n) is 6.64. The number of hydrazone groups is 1. The van der Waals surface area contributed by atoms with Gasteiger partial charge in [-0.2, -0.15) is 5.10 Å². The molecule has 21 heavy (non-hydrogen) atoms. The molecule has 1 aromatic heterocycles. The molecule has 0 unspecified atom stereocenters. The van der Waals surface area contributed by atoms with Crippen LogP contribution in [-0.4, -0.2) is 11.2 Å². The summed E-state index contributed by atoms with van der Waals surface area (Å²) in [6.45, 7) is 2.08. The number of nitrogens with one attached hydrogen (secondary N) is 1. The average molecular weight is 340 g/mol. The second kappa shape index (κ2) is 6.06. The third kappa shape index (κ3) is 3.11. The Morgan fingerprint density at radius 2 is 1.86 bits per heavy atom. The second-order valence-corrected chi connectivity index (χ2v) is 5.59. The fourth-order valence-electron chi connectivity index (χ4n) is 2.15. The summed E-state index contributed by atoms with van der Waals surface area (Å²) < 4.78 is 1.01. The van der Waals surface area contributed by atoms with Gasteiger partial charge in [-0.25, -0.2) is 4.98 Å². The highest BCUT2D eigenvalue weighted by atomic mass is 79.9. The van der Waals surface area contributed by atoms with Crippen LogP contribution in [0.3, 0.4) is 0 Å². The predicted octanol–water partition coefficient (Wildman–Crippen LogP) is 4.75. The molecule has 0 atom stereocenters. The molecule has 3 rings (SSSR count). The van der Waals surface area contributed by atoms with E-state index in [0.29, 0.717) is 0 Å². The quantitative estimate of drug-likeness (QED) is 0.552. The van der Waals surface area contributed by atoms with Gasteiger partial charge in [0.2, 0.25) is 0 Å². The number of aromatic nitrogens is 1. The zero-order valence-corrected chi connectivity index (χ0v) is 13.1. The lowest BCUT2D eigenvalue weighted by Crippen LogP contribution is -1.95. The highest BCUT2D eigenvalue weighted by Gasteiger charge is 2.01. The maximum atomic E-state index is 4.55. The van der Waals surface area contributed by atoms with E-state index in [1.165, 1.54) is 5.56 Å². The fourth-order valence-corrected chi connectivity index (χ4v) is 2.54. The SMILES string of the molecule is Cc1cc(N/N=C/c2ccccc2Br)nc2ccccc12. The normalized spacial score (nSPS) is 11.1. The maximum Gasteiger partial charge on any atom is 0.147 e. The van der Waals surface area contributed by atoms with E-state index in [-0.39, 0.29) is 0 Å². The molecule has 0 aliphatic heterocycles. The molecule has 3 nitrogen and oxygen atoms in total. The number of fused-ring (bicyclic) bond motifs is 1. The second-order valence-electron chi connectivity index (χ2n) is 4.73. The molecule has 2 aromatic carbocycles. The van der Waals surface area contributed by atoms with Crippen molar-refractivity contribution in [3.05, 3.63) is 70.2 Å². The Labute approximate surface area is 131 Å². The van der Waals surface area contributed by atoms with Crippen molar-refractivity contribution in [2.45, 2.75) is 6.92 Å². The van der Waals surface area contributed by atoms with Crippen molar-refractivity contribution in [3.8, 4) is 0 Å². The smallest absolute Gasteiger partial charge is 0.147 e. The Morgan fingerprint density at radius 1 is 1.10 bits per heavy atom. The Kier molecular flexibility index (Phi) is 3.97. The van der Waals surface area contributed by atoms with Crippen LogP contribution in [0.4, 0.5) is 5.82 Å². The first-order valence-corrected chi connectivity index (χ1v) is 7.43. The average Bonchev–Trinajstić information content (AvgIpc) is 2.49. The summed E-state index contributed by atoms with van der Waals surface area (Å²) in [5.41, 5.74) is 6.16. The van der Waals surface area contributed by atoms with Crippen molar-refractivity contribution >= 4 is 38.9 Å². The van der Waals surface area contributed by atoms with E-state index in [1.807, 2.05) is 48.5 Å². The number of aryl methyl sites for hydroxylation is 1. The first kappa shape index (κ1) is 13.8. The summed E-state index contributed by atoms with van der Waals surface area (Å²) in [6, 6.07) is 18.0. The van der Waals surface area contributed by atoms with Crippen molar-refractivity contribution in [1.29, 1.82) is 0 Å². The molecular formula is C17H14BrN3. The lowest BCUT2D eigenvalue weighted by Gasteiger charge is -2.05. The fraction of sp³-hybridized carbons (Fsp3) is 0.0588. The number of nitrogens with zero attached hydrogens (tertiary/aromatic N) is 2. The Bertz CT molecular complexity index is 812. The monoisotopic (exact) mass is 339 g/mol. The van der Waals surface area contributed by atoms with Gasteiger partial charge in [0.15, 0.2) is 0 Å². The summed E-state index contributed by atoms with van der Waals surface area (Å²) >= 11 is 3.49. The van der Waals surface area contributed by atoms with Crippen LogP contribution >= 0.6 is 15.9 Å². The Balaban J connectivity index is 1.84. The predicted molar refractivity (Wildman–Crippen MR) is 91.8 cm³/mol. The summed E-state index contributed by atoms with van der Waals surface area (Å²) in [6.07, 6.45) is 1.77. The number of hydrogen-bond donors (Lipinski definition) is 1. The molecule has 0 aliphatic carbocycles. The van der Waals surface area contributed by atoms with Gasteiger partial charge in [-0.15, -0.1) is 0 Å². The summed E-state index contributed by atoms with van der Waals surface area (Å²) in [4.78, 5) is 4.55. The molecule has 3 aromatic rings. The van der Waals surface area contributed by atoms with E-state index < -0.39 is 0 Å². The molecule has 1 N–H and O–H groups in total. The number of hydrogen-bond acceptors (Lipinski definition) is 3. The van der Waals surface area contributed by atoms with Crippen LogP contribution in [0, 0.1) is 6.92 Å². The minimum absolute atomic E-state index is 0.745. The summed E-state index contributed by atoms with van der Waals surface area (Å²) in [5, 5.41) is 5.42. The van der Waals surface area contributed by atoms with Crippen LogP contribution in [0.2, 0.25) is 0 Å². The van der Waals surface area contributed by atoms with E-state index >= 15 is 0 Å². The first-order chi connectivity index (χ1) is 10.2. The molecular weight excluding hydrogens is 326 g/mol. The summed E-state index contributed by atoms with van der Waals surface area (Å²) in [5.74, 6) is 0.745. The Morgan fingerprint density at radius 3 is 2.71 bits per heavy atom. The van der Waals surface area contributed by atoms with Crippen LogP contribution in [0.15, 0.2) is 64.2 Å². The van der Waals surface area contributed by atoms with Crippen LogP contribution in [0.25, 0.3) is 10.9 Å². The number of pyridine rings is 1. The molecule has 0 saturated heterocycles. The van der Waals surface area contributed by atoms with Crippen LogP contribution in [0.1, 0.15) is 11.1 Å². The van der Waals surface area contributed by atoms with Crippen molar-refractivity contribution in [3.63, 3.8) is 0 Å². The van der Waals surface area contributed by atoms with Crippen LogP contribution < -0.4 is 5.43 Å². The number of para-hydroxylation sites is 1. The molecule has 0 bridgehead atoms. The van der Waals surface area contributed by atoms with Crippen LogP contribution in [-0.2, 0) is 0 Å². The molecule has 0 amide bonds. The molecule has 1 heterocycles. The Hall–Kier alpha value is -2.20. The van der Waals surface area contributed by atoms with Gasteiger partial charge in [0.1, 0.15) is 5.82 Å². The van der Waals surface area contributed by atoms with E-state index in [2.05, 4.69) is 44.4 Å². The van der Waals surface area contributed by atoms with E-state index in [0.717, 1.165) is 26.8 Å². The molecule has 104 valence electrons. The van der Waals surface area contributed by atoms with Gasteiger partial charge in [-0.05, 0) is 30.7 Å². The molecule has 4 heteroatoms. The van der Waals surface area contributed by atoms with Crippen molar-refractivity contribution < 1.29 is 0 Å². The van der Waals surface area contributed by atoms with Crippen molar-refractivity contribution in [1.82, 2.24) is 4.98 Å². The minimum Gasteiger partial charge on any atom is -0.261 e.